The minimum absolute atomic E-state index is 0.123. The monoisotopic (exact) mass is 526 g/mol. The molecule has 2 aromatic rings. The smallest absolute Gasteiger partial charge is 0.170 e. The highest BCUT2D eigenvalue weighted by molar-refractivity contribution is 14.1. The number of nitrogens with zero attached hydrogens (tertiary/aromatic N) is 2. The van der Waals surface area contributed by atoms with Gasteiger partial charge in [-0.1, -0.05) is 40.8 Å². The molecule has 2 unspecified atom stereocenters. The summed E-state index contributed by atoms with van der Waals surface area (Å²) in [5, 5.41) is 5.15. The Hall–Kier alpha value is -1.66. The Morgan fingerprint density at radius 3 is 2.86 bits per heavy atom. The number of hydrogen-bond acceptors (Lipinski definition) is 2. The van der Waals surface area contributed by atoms with Crippen molar-refractivity contribution < 1.29 is 13.6 Å². The number of fused-ring (bicyclic) bond motifs is 1. The molecule has 0 radical (unpaired) electrons. The second-order valence-electron chi connectivity index (χ2n) is 6.89. The lowest BCUT2D eigenvalue weighted by atomic mass is 9.96. The number of rotatable bonds is 4. The summed E-state index contributed by atoms with van der Waals surface area (Å²) >= 11 is 2.15. The predicted molar refractivity (Wildman–Crippen MR) is 125 cm³/mol. The van der Waals surface area contributed by atoms with Crippen LogP contribution >= 0.6 is 31.8 Å². The van der Waals surface area contributed by atoms with Crippen LogP contribution in [0.2, 0.25) is 0 Å². The van der Waals surface area contributed by atoms with Gasteiger partial charge in [0.1, 0.15) is 17.3 Å². The molecule has 2 aliphatic rings. The lowest BCUT2D eigenvalue weighted by molar-refractivity contribution is 0.111. The summed E-state index contributed by atoms with van der Waals surface area (Å²) in [7, 11) is 2.52. The van der Waals surface area contributed by atoms with Crippen LogP contribution in [0.25, 0.3) is 5.69 Å². The molecule has 2 aliphatic carbocycles. The van der Waals surface area contributed by atoms with E-state index in [1.807, 2.05) is 17.1 Å². The predicted octanol–water partition coefficient (Wildman–Crippen LogP) is 5.54. The summed E-state index contributed by atoms with van der Waals surface area (Å²) in [4.78, 5) is 13.5. The van der Waals surface area contributed by atoms with Gasteiger partial charge in [-0.25, -0.2) is 13.5 Å². The van der Waals surface area contributed by atoms with E-state index in [-0.39, 0.29) is 17.6 Å². The van der Waals surface area contributed by atoms with Crippen LogP contribution in [-0.4, -0.2) is 21.0 Å². The van der Waals surface area contributed by atoms with Gasteiger partial charge >= 0.3 is 0 Å². The highest BCUT2D eigenvalue weighted by atomic mass is 127. The maximum absolute atomic E-state index is 13.8. The van der Waals surface area contributed by atoms with E-state index in [1.165, 1.54) is 12.1 Å². The molecule has 0 N–H and O–H groups in total. The molecule has 1 aromatic heterocycles. The lowest BCUT2D eigenvalue weighted by Crippen LogP contribution is -2.13. The van der Waals surface area contributed by atoms with Gasteiger partial charge in [-0.05, 0) is 59.3 Å². The molecule has 4 rings (SSSR count). The molecule has 0 fully saturated rings. The van der Waals surface area contributed by atoms with Gasteiger partial charge in [0.25, 0.3) is 0 Å². The fourth-order valence-electron chi connectivity index (χ4n) is 3.90. The van der Waals surface area contributed by atoms with Crippen molar-refractivity contribution in [2.24, 2.45) is 0 Å². The molecule has 3 nitrogen and oxygen atoms in total. The van der Waals surface area contributed by atoms with Crippen LogP contribution < -0.4 is 5.30 Å². The van der Waals surface area contributed by atoms with Crippen LogP contribution in [0.1, 0.15) is 46.9 Å². The molecule has 0 saturated carbocycles. The molecule has 29 heavy (non-hydrogen) atoms. The second kappa shape index (κ2) is 9.90. The molecule has 152 valence electrons. The zero-order valence-corrected chi connectivity index (χ0v) is 19.4. The number of carbonyl (C=O) groups excluding carboxylic acids is 1. The largest absolute Gasteiger partial charge is 0.296 e. The van der Waals surface area contributed by atoms with E-state index in [0.29, 0.717) is 23.8 Å². The zero-order valence-electron chi connectivity index (χ0n) is 16.0. The molecule has 0 saturated heterocycles. The van der Waals surface area contributed by atoms with Crippen molar-refractivity contribution in [2.45, 2.75) is 31.6 Å². The summed E-state index contributed by atoms with van der Waals surface area (Å²) in [5.74, 6) is -0.353. The molecule has 0 aliphatic heterocycles. The normalized spacial score (nSPS) is 17.6. The van der Waals surface area contributed by atoms with Crippen LogP contribution in [0.4, 0.5) is 8.78 Å². The molecule has 7 heteroatoms. The standard InChI is InChI=1S/C21H19F2N2OP.CH3I/c22-15-4-2-1-3-13(10-15)9-14-5-7-17-18(12-26)24-25(21(14)17)19-8-6-16(23)11-20(19)27;1-2/h1-3,6,8,10-12,14H,4-5,7,9,27H2;1H3. The van der Waals surface area contributed by atoms with Crippen LogP contribution in [0.5, 0.6) is 0 Å². The maximum Gasteiger partial charge on any atom is 0.170 e. The minimum Gasteiger partial charge on any atom is -0.296 e. The van der Waals surface area contributed by atoms with Crippen LogP contribution in [0.15, 0.2) is 53.9 Å². The van der Waals surface area contributed by atoms with E-state index >= 15 is 0 Å². The molecule has 0 amide bonds. The topological polar surface area (TPSA) is 34.9 Å². The summed E-state index contributed by atoms with van der Waals surface area (Å²) in [5.41, 5.74) is 3.99. The number of allylic oxidation sites excluding steroid dienone is 6. The zero-order chi connectivity index (χ0) is 21.0. The molecular weight excluding hydrogens is 504 g/mol. The van der Waals surface area contributed by atoms with Crippen molar-refractivity contribution in [3.05, 3.63) is 76.7 Å². The van der Waals surface area contributed by atoms with E-state index in [0.717, 1.165) is 41.6 Å². The Kier molecular flexibility index (Phi) is 7.52. The highest BCUT2D eigenvalue weighted by Gasteiger charge is 2.32. The Morgan fingerprint density at radius 1 is 1.34 bits per heavy atom. The quantitative estimate of drug-likeness (QED) is 0.227. The van der Waals surface area contributed by atoms with E-state index in [1.54, 1.807) is 22.9 Å². The first-order valence-electron chi connectivity index (χ1n) is 9.28. The molecule has 0 spiro atoms. The van der Waals surface area contributed by atoms with Crippen molar-refractivity contribution >= 4 is 43.4 Å². The second-order valence-corrected chi connectivity index (χ2v) is 7.51. The Balaban J connectivity index is 0.00000117. The first kappa shape index (κ1) is 22.0. The number of carbonyl (C=O) groups is 1. The first-order valence-corrected chi connectivity index (χ1v) is 12.0. The number of alkyl halides is 1. The number of aldehydes is 1. The number of aromatic nitrogens is 2. The van der Waals surface area contributed by atoms with Crippen molar-refractivity contribution in [1.82, 2.24) is 9.78 Å². The average molecular weight is 526 g/mol. The molecular formula is C22H22F2IN2OP. The van der Waals surface area contributed by atoms with Crippen molar-refractivity contribution in [3.8, 4) is 5.69 Å². The SMILES string of the molecule is CI.O=Cc1nn(-c2ccc(F)cc2P)c2c1CCC2CC1=CC=CCC(F)=C1. The maximum atomic E-state index is 13.8. The molecule has 1 heterocycles. The third kappa shape index (κ3) is 4.75. The van der Waals surface area contributed by atoms with Crippen LogP contribution in [0.3, 0.4) is 0 Å². The molecule has 2 atom stereocenters. The Bertz CT molecular complexity index is 1010. The summed E-state index contributed by atoms with van der Waals surface area (Å²) in [6.07, 6.45) is 10.6. The van der Waals surface area contributed by atoms with Gasteiger partial charge in [0.2, 0.25) is 0 Å². The number of benzene rings is 1. The fourth-order valence-corrected chi connectivity index (χ4v) is 4.28. The van der Waals surface area contributed by atoms with Gasteiger partial charge in [-0.3, -0.25) is 4.79 Å². The fraction of sp³-hybridized carbons (Fsp3) is 0.273. The Labute approximate surface area is 185 Å². The van der Waals surface area contributed by atoms with Gasteiger partial charge in [0.15, 0.2) is 6.29 Å². The van der Waals surface area contributed by atoms with Gasteiger partial charge < -0.3 is 0 Å². The summed E-state index contributed by atoms with van der Waals surface area (Å²) in [6, 6.07) is 4.48. The van der Waals surface area contributed by atoms with Crippen molar-refractivity contribution in [3.63, 3.8) is 0 Å². The number of hydrogen-bond donors (Lipinski definition) is 0. The Morgan fingerprint density at radius 2 is 2.14 bits per heavy atom. The third-order valence-corrected chi connectivity index (χ3v) is 5.56. The van der Waals surface area contributed by atoms with Crippen molar-refractivity contribution in [1.29, 1.82) is 0 Å². The van der Waals surface area contributed by atoms with Gasteiger partial charge in [-0.15, -0.1) is 9.24 Å². The van der Waals surface area contributed by atoms with E-state index in [9.17, 15) is 13.6 Å². The highest BCUT2D eigenvalue weighted by Crippen LogP contribution is 2.40. The minimum atomic E-state index is -0.323. The molecule has 1 aromatic carbocycles. The van der Waals surface area contributed by atoms with Gasteiger partial charge in [0.05, 0.1) is 11.4 Å². The van der Waals surface area contributed by atoms with Crippen molar-refractivity contribution in [2.75, 3.05) is 4.93 Å². The van der Waals surface area contributed by atoms with E-state index < -0.39 is 0 Å². The molecule has 0 bridgehead atoms. The lowest BCUT2D eigenvalue weighted by Gasteiger charge is -2.16. The van der Waals surface area contributed by atoms with Crippen LogP contribution in [0, 0.1) is 5.82 Å². The first-order chi connectivity index (χ1) is 14.1. The summed E-state index contributed by atoms with van der Waals surface area (Å²) in [6.45, 7) is 0. The summed E-state index contributed by atoms with van der Waals surface area (Å²) < 4.78 is 29.1. The van der Waals surface area contributed by atoms with Gasteiger partial charge in [-0.2, -0.15) is 5.10 Å². The van der Waals surface area contributed by atoms with E-state index in [4.69, 9.17) is 0 Å². The number of halogens is 3. The van der Waals surface area contributed by atoms with Crippen LogP contribution in [-0.2, 0) is 6.42 Å². The van der Waals surface area contributed by atoms with E-state index in [2.05, 4.69) is 36.9 Å². The van der Waals surface area contributed by atoms with Gasteiger partial charge in [0, 0.05) is 17.9 Å². The average Bonchev–Trinajstić information content (AvgIpc) is 3.20. The third-order valence-electron chi connectivity index (χ3n) is 5.10.